The Hall–Kier alpha value is -4.52. The number of anilines is 4. The van der Waals surface area contributed by atoms with Gasteiger partial charge in [0.1, 0.15) is 23.1 Å². The summed E-state index contributed by atoms with van der Waals surface area (Å²) in [5, 5.41) is 5.80. The lowest BCUT2D eigenvalue weighted by atomic mass is 10.1. The number of ether oxygens (including phenoxy) is 1. The molecule has 0 aliphatic carbocycles. The van der Waals surface area contributed by atoms with Crippen molar-refractivity contribution in [2.75, 3.05) is 42.8 Å². The number of methoxy groups -OCH3 is 1. The van der Waals surface area contributed by atoms with E-state index in [2.05, 4.69) is 42.4 Å². The molecule has 2 N–H and O–H groups in total. The van der Waals surface area contributed by atoms with E-state index in [1.165, 1.54) is 18.5 Å². The number of piperazine rings is 1. The van der Waals surface area contributed by atoms with Crippen LogP contribution in [-0.2, 0) is 6.18 Å². The van der Waals surface area contributed by atoms with Crippen molar-refractivity contribution in [3.8, 4) is 5.75 Å². The summed E-state index contributed by atoms with van der Waals surface area (Å²) in [5.41, 5.74) is 1.78. The Labute approximate surface area is 233 Å². The summed E-state index contributed by atoms with van der Waals surface area (Å²) in [6.45, 7) is 3.69. The number of fused-ring (bicyclic) bond motifs is 3. The first-order valence-corrected chi connectivity index (χ1v) is 13.0. The molecular formula is C28H27F3N8O2. The molecule has 0 spiro atoms. The predicted molar refractivity (Wildman–Crippen MR) is 148 cm³/mol. The number of nitrogens with one attached hydrogen (secondary N) is 2. The molecule has 6 rings (SSSR count). The number of carbonyl (C=O) groups is 1. The summed E-state index contributed by atoms with van der Waals surface area (Å²) in [5.74, 6) is 0.174. The average Bonchev–Trinajstić information content (AvgIpc) is 3.53. The molecule has 2 aromatic heterocycles. The monoisotopic (exact) mass is 564 g/mol. The third-order valence-electron chi connectivity index (χ3n) is 7.65. The zero-order valence-corrected chi connectivity index (χ0v) is 22.5. The lowest BCUT2D eigenvalue weighted by Crippen LogP contribution is -2.45. The van der Waals surface area contributed by atoms with Gasteiger partial charge in [-0.15, -0.1) is 0 Å². The molecule has 13 heteroatoms. The van der Waals surface area contributed by atoms with Crippen LogP contribution in [0.2, 0.25) is 0 Å². The van der Waals surface area contributed by atoms with Crippen LogP contribution in [0, 0.1) is 6.92 Å². The molecular weight excluding hydrogens is 537 g/mol. The third-order valence-corrected chi connectivity index (χ3v) is 7.65. The number of amides is 1. The van der Waals surface area contributed by atoms with Crippen molar-refractivity contribution in [2.45, 2.75) is 31.6 Å². The lowest BCUT2D eigenvalue weighted by Gasteiger charge is -2.31. The van der Waals surface area contributed by atoms with Gasteiger partial charge >= 0.3 is 6.18 Å². The number of halogens is 3. The molecule has 2 saturated heterocycles. The molecule has 0 unspecified atom stereocenters. The van der Waals surface area contributed by atoms with Gasteiger partial charge in [-0.05, 0) is 56.3 Å². The quantitative estimate of drug-likeness (QED) is 0.346. The van der Waals surface area contributed by atoms with Crippen molar-refractivity contribution >= 4 is 40.1 Å². The molecule has 2 aliphatic rings. The number of likely N-dealkylation sites (N-methyl/N-ethyl adjacent to an activating group) is 1. The van der Waals surface area contributed by atoms with Crippen molar-refractivity contribution in [1.82, 2.24) is 24.8 Å². The largest absolute Gasteiger partial charge is 0.496 e. The zero-order valence-electron chi connectivity index (χ0n) is 22.5. The summed E-state index contributed by atoms with van der Waals surface area (Å²) >= 11 is 0. The van der Waals surface area contributed by atoms with Crippen LogP contribution < -0.4 is 20.3 Å². The van der Waals surface area contributed by atoms with E-state index in [0.29, 0.717) is 40.6 Å². The van der Waals surface area contributed by atoms with Gasteiger partial charge in [-0.3, -0.25) is 9.69 Å². The highest BCUT2D eigenvalue weighted by atomic mass is 19.4. The van der Waals surface area contributed by atoms with Crippen LogP contribution in [0.4, 0.5) is 36.3 Å². The summed E-state index contributed by atoms with van der Waals surface area (Å²) in [6, 6.07) is 9.17. The van der Waals surface area contributed by atoms with Gasteiger partial charge in [0.2, 0.25) is 5.95 Å². The summed E-state index contributed by atoms with van der Waals surface area (Å²) in [6.07, 6.45) is -0.465. The Bertz CT molecular complexity index is 1640. The zero-order chi connectivity index (χ0) is 28.9. The number of likely N-dealkylation sites (tertiary alicyclic amines) is 1. The van der Waals surface area contributed by atoms with E-state index in [9.17, 15) is 18.0 Å². The Morgan fingerprint density at radius 2 is 1.90 bits per heavy atom. The Balaban J connectivity index is 1.26. The normalized spacial score (nSPS) is 18.6. The molecule has 4 aromatic rings. The number of aryl methyl sites for hydroxylation is 1. The van der Waals surface area contributed by atoms with E-state index in [0.717, 1.165) is 38.2 Å². The van der Waals surface area contributed by atoms with Crippen molar-refractivity contribution in [2.24, 2.45) is 0 Å². The van der Waals surface area contributed by atoms with Crippen LogP contribution in [0.15, 0.2) is 48.9 Å². The van der Waals surface area contributed by atoms with Crippen LogP contribution in [-0.4, -0.2) is 70.1 Å². The highest BCUT2D eigenvalue weighted by Crippen LogP contribution is 2.38. The van der Waals surface area contributed by atoms with Gasteiger partial charge in [-0.25, -0.2) is 19.9 Å². The number of rotatable bonds is 6. The fourth-order valence-corrected chi connectivity index (χ4v) is 5.42. The number of benzene rings is 2. The minimum atomic E-state index is -4.64. The first-order valence-electron chi connectivity index (χ1n) is 13.0. The molecule has 0 radical (unpaired) electrons. The molecule has 2 bridgehead atoms. The number of nitrogens with zero attached hydrogens (tertiary/aromatic N) is 6. The highest BCUT2D eigenvalue weighted by Gasteiger charge is 2.42. The van der Waals surface area contributed by atoms with Crippen molar-refractivity contribution in [1.29, 1.82) is 0 Å². The molecule has 2 fully saturated rings. The summed E-state index contributed by atoms with van der Waals surface area (Å²) in [4.78, 5) is 35.7. The average molecular weight is 565 g/mol. The van der Waals surface area contributed by atoms with Crippen LogP contribution in [0.25, 0.3) is 11.0 Å². The maximum atomic E-state index is 13.4. The second-order valence-electron chi connectivity index (χ2n) is 10.3. The Kier molecular flexibility index (Phi) is 6.60. The standard InChI is InChI=1S/C28H27F3N8O2/c1-15-4-5-16(26(40)35-17-6-7-23(41-3)20(9-17)28(29,30)31)8-21(15)36-25-24-22(33-14-34-25)11-32-27(37-24)39-13-18-10-19(39)12-38(18)2/h4-9,11,14,18-19H,10,12-13H2,1-3H3,(H,35,40)(H,33,34,36)/t18-,19-/m1/s1. The molecule has 41 heavy (non-hydrogen) atoms. The van der Waals surface area contributed by atoms with Crippen LogP contribution >= 0.6 is 0 Å². The van der Waals surface area contributed by atoms with E-state index < -0.39 is 17.6 Å². The van der Waals surface area contributed by atoms with Crippen LogP contribution in [0.5, 0.6) is 5.75 Å². The molecule has 2 aromatic carbocycles. The van der Waals surface area contributed by atoms with E-state index in [4.69, 9.17) is 9.72 Å². The van der Waals surface area contributed by atoms with Crippen molar-refractivity contribution < 1.29 is 22.7 Å². The second-order valence-corrected chi connectivity index (χ2v) is 10.3. The predicted octanol–water partition coefficient (Wildman–Crippen LogP) is 4.64. The van der Waals surface area contributed by atoms with E-state index >= 15 is 0 Å². The Morgan fingerprint density at radius 3 is 2.61 bits per heavy atom. The van der Waals surface area contributed by atoms with Gasteiger partial charge in [0.25, 0.3) is 5.91 Å². The number of hydrogen-bond acceptors (Lipinski definition) is 9. The molecule has 1 amide bonds. The van der Waals surface area contributed by atoms with E-state index in [1.54, 1.807) is 24.4 Å². The number of carbonyl (C=O) groups excluding carboxylic acids is 1. The lowest BCUT2D eigenvalue weighted by molar-refractivity contribution is -0.138. The molecule has 2 aliphatic heterocycles. The van der Waals surface area contributed by atoms with Crippen LogP contribution in [0.3, 0.4) is 0 Å². The van der Waals surface area contributed by atoms with Gasteiger partial charge in [0, 0.05) is 42.1 Å². The first-order chi connectivity index (χ1) is 19.6. The number of aromatic nitrogens is 4. The SMILES string of the molecule is COc1ccc(NC(=O)c2ccc(C)c(Nc3ncnc4cnc(N5C[C@H]6C[C@@H]5CN6C)nc34)c2)cc1C(F)(F)F. The minimum absolute atomic E-state index is 0.00830. The third kappa shape index (κ3) is 5.08. The first kappa shape index (κ1) is 26.7. The number of alkyl halides is 3. The molecule has 10 nitrogen and oxygen atoms in total. The maximum absolute atomic E-state index is 13.4. The maximum Gasteiger partial charge on any atom is 0.420 e. The minimum Gasteiger partial charge on any atom is -0.496 e. The highest BCUT2D eigenvalue weighted by molar-refractivity contribution is 6.05. The van der Waals surface area contributed by atoms with Crippen molar-refractivity contribution in [3.63, 3.8) is 0 Å². The van der Waals surface area contributed by atoms with Gasteiger partial charge in [-0.2, -0.15) is 13.2 Å². The van der Waals surface area contributed by atoms with Gasteiger partial charge in [0.05, 0.1) is 18.9 Å². The summed E-state index contributed by atoms with van der Waals surface area (Å²) < 4.78 is 45.1. The topological polar surface area (TPSA) is 108 Å². The molecule has 0 saturated carbocycles. The second kappa shape index (κ2) is 10.1. The van der Waals surface area contributed by atoms with Gasteiger partial charge in [-0.1, -0.05) is 6.07 Å². The molecule has 4 heterocycles. The van der Waals surface area contributed by atoms with Gasteiger partial charge in [0.15, 0.2) is 5.82 Å². The Morgan fingerprint density at radius 1 is 1.07 bits per heavy atom. The fourth-order valence-electron chi connectivity index (χ4n) is 5.42. The van der Waals surface area contributed by atoms with E-state index in [-0.39, 0.29) is 17.0 Å². The molecule has 2 atom stereocenters. The van der Waals surface area contributed by atoms with Crippen molar-refractivity contribution in [3.05, 3.63) is 65.6 Å². The van der Waals surface area contributed by atoms with Crippen LogP contribution in [0.1, 0.15) is 27.9 Å². The fraction of sp³-hybridized carbons (Fsp3) is 0.321. The molecule has 212 valence electrons. The smallest absolute Gasteiger partial charge is 0.420 e. The van der Waals surface area contributed by atoms with E-state index in [1.807, 2.05) is 6.92 Å². The summed E-state index contributed by atoms with van der Waals surface area (Å²) in [7, 11) is 3.29. The number of hydrogen-bond donors (Lipinski definition) is 2. The van der Waals surface area contributed by atoms with Gasteiger partial charge < -0.3 is 20.3 Å².